The van der Waals surface area contributed by atoms with E-state index in [1.165, 1.54) is 0 Å². The summed E-state index contributed by atoms with van der Waals surface area (Å²) >= 11 is 0. The third-order valence-electron chi connectivity index (χ3n) is 1.78. The van der Waals surface area contributed by atoms with Gasteiger partial charge in [0.2, 0.25) is 0 Å². The van der Waals surface area contributed by atoms with Crippen LogP contribution < -0.4 is 10.6 Å². The number of nitrogens with two attached hydrogens (primary N) is 1. The van der Waals surface area contributed by atoms with E-state index in [9.17, 15) is 5.11 Å². The third-order valence-corrected chi connectivity index (χ3v) is 1.78. The van der Waals surface area contributed by atoms with Crippen LogP contribution in [0, 0.1) is 0 Å². The van der Waals surface area contributed by atoms with Crippen molar-refractivity contribution in [3.8, 4) is 0 Å². The Morgan fingerprint density at radius 1 is 1.69 bits per heavy atom. The van der Waals surface area contributed by atoms with Gasteiger partial charge in [-0.25, -0.2) is 0 Å². The summed E-state index contributed by atoms with van der Waals surface area (Å²) in [5.74, 6) is 0. The van der Waals surface area contributed by atoms with Crippen LogP contribution in [0.2, 0.25) is 0 Å². The quantitative estimate of drug-likeness (QED) is 0.712. The molecule has 1 rings (SSSR count). The lowest BCUT2D eigenvalue weighted by molar-refractivity contribution is 0.201. The molecule has 0 fully saturated rings. The van der Waals surface area contributed by atoms with Gasteiger partial charge in [0.1, 0.15) is 0 Å². The lowest BCUT2D eigenvalue weighted by Crippen LogP contribution is -2.27. The molecule has 0 aliphatic rings. The minimum absolute atomic E-state index is 0.363. The standard InChI is InChI=1S/C9H15N3O/c1-7(13)6-12(2)9-3-4-11-5-8(9)10/h3-5,7,13H,6,10H2,1-2H3. The van der Waals surface area contributed by atoms with Crippen molar-refractivity contribution in [2.45, 2.75) is 13.0 Å². The molecule has 13 heavy (non-hydrogen) atoms. The number of aromatic nitrogens is 1. The molecule has 4 nitrogen and oxygen atoms in total. The Morgan fingerprint density at radius 3 is 2.92 bits per heavy atom. The van der Waals surface area contributed by atoms with E-state index < -0.39 is 0 Å². The van der Waals surface area contributed by atoms with Gasteiger partial charge in [0, 0.05) is 19.8 Å². The summed E-state index contributed by atoms with van der Waals surface area (Å²) < 4.78 is 0. The van der Waals surface area contributed by atoms with Gasteiger partial charge in [0.25, 0.3) is 0 Å². The molecule has 0 aliphatic carbocycles. The van der Waals surface area contributed by atoms with Crippen molar-refractivity contribution in [2.75, 3.05) is 24.2 Å². The number of likely N-dealkylation sites (N-methyl/N-ethyl adjacent to an activating group) is 1. The van der Waals surface area contributed by atoms with E-state index in [1.54, 1.807) is 19.3 Å². The maximum Gasteiger partial charge on any atom is 0.0738 e. The zero-order valence-electron chi connectivity index (χ0n) is 7.94. The first-order valence-corrected chi connectivity index (χ1v) is 4.20. The van der Waals surface area contributed by atoms with Crippen LogP contribution in [0.1, 0.15) is 6.92 Å². The molecule has 1 aromatic rings. The van der Waals surface area contributed by atoms with Crippen LogP contribution in [-0.4, -0.2) is 29.8 Å². The predicted octanol–water partition coefficient (Wildman–Crippen LogP) is 0.481. The Labute approximate surface area is 78.0 Å². The molecular formula is C9H15N3O. The molecule has 0 aromatic carbocycles. The van der Waals surface area contributed by atoms with Crippen LogP contribution in [0.4, 0.5) is 11.4 Å². The van der Waals surface area contributed by atoms with E-state index in [0.29, 0.717) is 12.2 Å². The molecular weight excluding hydrogens is 166 g/mol. The lowest BCUT2D eigenvalue weighted by Gasteiger charge is -2.21. The fourth-order valence-corrected chi connectivity index (χ4v) is 1.24. The van der Waals surface area contributed by atoms with E-state index in [4.69, 9.17) is 5.73 Å². The number of anilines is 2. The second kappa shape index (κ2) is 4.09. The first-order chi connectivity index (χ1) is 6.11. The molecule has 1 aromatic heterocycles. The predicted molar refractivity (Wildman–Crippen MR) is 53.6 cm³/mol. The van der Waals surface area contributed by atoms with Gasteiger partial charge < -0.3 is 15.7 Å². The summed E-state index contributed by atoms with van der Waals surface area (Å²) in [6, 6.07) is 1.83. The highest BCUT2D eigenvalue weighted by molar-refractivity contribution is 5.65. The molecule has 72 valence electrons. The molecule has 1 heterocycles. The number of hydrogen-bond donors (Lipinski definition) is 2. The SMILES string of the molecule is CC(O)CN(C)c1ccncc1N. The number of aliphatic hydroxyl groups is 1. The highest BCUT2D eigenvalue weighted by Crippen LogP contribution is 2.19. The molecule has 1 unspecified atom stereocenters. The maximum atomic E-state index is 9.18. The summed E-state index contributed by atoms with van der Waals surface area (Å²) in [5.41, 5.74) is 7.24. The van der Waals surface area contributed by atoms with Crippen LogP contribution >= 0.6 is 0 Å². The Morgan fingerprint density at radius 2 is 2.38 bits per heavy atom. The first-order valence-electron chi connectivity index (χ1n) is 4.20. The zero-order chi connectivity index (χ0) is 9.84. The van der Waals surface area contributed by atoms with E-state index in [2.05, 4.69) is 4.98 Å². The monoisotopic (exact) mass is 181 g/mol. The first kappa shape index (κ1) is 9.80. The Bertz CT molecular complexity index is 275. The van der Waals surface area contributed by atoms with Crippen LogP contribution in [-0.2, 0) is 0 Å². The van der Waals surface area contributed by atoms with Crippen molar-refractivity contribution in [3.63, 3.8) is 0 Å². The smallest absolute Gasteiger partial charge is 0.0738 e. The van der Waals surface area contributed by atoms with E-state index in [-0.39, 0.29) is 6.10 Å². The minimum Gasteiger partial charge on any atom is -0.396 e. The van der Waals surface area contributed by atoms with Gasteiger partial charge in [-0.3, -0.25) is 4.98 Å². The van der Waals surface area contributed by atoms with Crippen molar-refractivity contribution < 1.29 is 5.11 Å². The number of pyridine rings is 1. The van der Waals surface area contributed by atoms with Crippen LogP contribution in [0.3, 0.4) is 0 Å². The molecule has 3 N–H and O–H groups in total. The highest BCUT2D eigenvalue weighted by Gasteiger charge is 2.06. The van der Waals surface area contributed by atoms with Crippen molar-refractivity contribution >= 4 is 11.4 Å². The number of rotatable bonds is 3. The summed E-state index contributed by atoms with van der Waals surface area (Å²) in [6.45, 7) is 2.31. The maximum absolute atomic E-state index is 9.18. The van der Waals surface area contributed by atoms with E-state index in [1.807, 2.05) is 18.0 Å². The minimum atomic E-state index is -0.363. The average Bonchev–Trinajstić information content (AvgIpc) is 2.03. The lowest BCUT2D eigenvalue weighted by atomic mass is 10.3. The van der Waals surface area contributed by atoms with Crippen LogP contribution in [0.15, 0.2) is 18.5 Å². The topological polar surface area (TPSA) is 62.4 Å². The summed E-state index contributed by atoms with van der Waals surface area (Å²) in [5, 5.41) is 9.18. The Hall–Kier alpha value is -1.29. The molecule has 0 bridgehead atoms. The molecule has 0 radical (unpaired) electrons. The summed E-state index contributed by atoms with van der Waals surface area (Å²) in [6.07, 6.45) is 2.93. The van der Waals surface area contributed by atoms with Gasteiger partial charge >= 0.3 is 0 Å². The fourth-order valence-electron chi connectivity index (χ4n) is 1.24. The van der Waals surface area contributed by atoms with Gasteiger partial charge in [0.15, 0.2) is 0 Å². The van der Waals surface area contributed by atoms with Crippen molar-refractivity contribution in [3.05, 3.63) is 18.5 Å². The normalized spacial score (nSPS) is 12.5. The second-order valence-corrected chi connectivity index (χ2v) is 3.16. The largest absolute Gasteiger partial charge is 0.396 e. The fraction of sp³-hybridized carbons (Fsp3) is 0.444. The third kappa shape index (κ3) is 2.59. The van der Waals surface area contributed by atoms with Crippen molar-refractivity contribution in [1.29, 1.82) is 0 Å². The molecule has 0 aliphatic heterocycles. The van der Waals surface area contributed by atoms with Crippen molar-refractivity contribution in [2.24, 2.45) is 0 Å². The van der Waals surface area contributed by atoms with Gasteiger partial charge in [0.05, 0.1) is 23.7 Å². The summed E-state index contributed by atoms with van der Waals surface area (Å²) in [4.78, 5) is 5.80. The van der Waals surface area contributed by atoms with Gasteiger partial charge in [-0.2, -0.15) is 0 Å². The molecule has 0 saturated carbocycles. The van der Waals surface area contributed by atoms with E-state index >= 15 is 0 Å². The molecule has 0 spiro atoms. The average molecular weight is 181 g/mol. The second-order valence-electron chi connectivity index (χ2n) is 3.16. The Balaban J connectivity index is 2.76. The zero-order valence-corrected chi connectivity index (χ0v) is 7.94. The van der Waals surface area contributed by atoms with Gasteiger partial charge in [-0.05, 0) is 13.0 Å². The molecule has 1 atom stereocenters. The number of nitrogens with zero attached hydrogens (tertiary/aromatic N) is 2. The van der Waals surface area contributed by atoms with E-state index in [0.717, 1.165) is 5.69 Å². The van der Waals surface area contributed by atoms with Gasteiger partial charge in [-0.15, -0.1) is 0 Å². The number of hydrogen-bond acceptors (Lipinski definition) is 4. The van der Waals surface area contributed by atoms with Crippen LogP contribution in [0.5, 0.6) is 0 Å². The molecule has 4 heteroatoms. The Kier molecular flexibility index (Phi) is 3.08. The molecule has 0 saturated heterocycles. The summed E-state index contributed by atoms with van der Waals surface area (Å²) in [7, 11) is 1.89. The van der Waals surface area contributed by atoms with Crippen LogP contribution in [0.25, 0.3) is 0 Å². The number of nitrogen functional groups attached to an aromatic ring is 1. The van der Waals surface area contributed by atoms with Crippen molar-refractivity contribution in [1.82, 2.24) is 4.98 Å². The molecule has 0 amide bonds. The highest BCUT2D eigenvalue weighted by atomic mass is 16.3. The van der Waals surface area contributed by atoms with Gasteiger partial charge in [-0.1, -0.05) is 0 Å². The number of aliphatic hydroxyl groups excluding tert-OH is 1.